The van der Waals surface area contributed by atoms with Gasteiger partial charge in [0.1, 0.15) is 0 Å². The Balaban J connectivity index is 5.61. The fraction of sp³-hybridized carbons (Fsp3) is 1.00. The van der Waals surface area contributed by atoms with E-state index in [0.717, 1.165) is 96.3 Å². The maximum absolute atomic E-state index is 14.3. The Labute approximate surface area is 365 Å². The van der Waals surface area contributed by atoms with Crippen LogP contribution < -0.4 is 0 Å². The topological polar surface area (TPSA) is 100 Å². The molecule has 10 nitrogen and oxygen atoms in total. The van der Waals surface area contributed by atoms with Gasteiger partial charge in [0.2, 0.25) is 0 Å². The average molecular weight is 867 g/mol. The van der Waals surface area contributed by atoms with Gasteiger partial charge in [-0.15, -0.1) is 14.0 Å². The smallest absolute Gasteiger partial charge is 0.350 e. The van der Waals surface area contributed by atoms with Crippen LogP contribution in [0, 0.1) is 0 Å². The highest BCUT2D eigenvalue weighted by atomic mass is 31.2. The Hall–Kier alpha value is -0.130. The molecular formula is C48H99O10P. The quantitative estimate of drug-likeness (QED) is 0.0193. The molecule has 11 heteroatoms. The first-order valence-electron chi connectivity index (χ1n) is 25.5. The molecule has 0 N–H and O–H groups in total. The van der Waals surface area contributed by atoms with E-state index >= 15 is 0 Å². The first kappa shape index (κ1) is 58.9. The van der Waals surface area contributed by atoms with Gasteiger partial charge in [0.15, 0.2) is 18.9 Å². The van der Waals surface area contributed by atoms with Crippen molar-refractivity contribution in [3.63, 3.8) is 0 Å². The molecule has 3 atom stereocenters. The lowest BCUT2D eigenvalue weighted by molar-refractivity contribution is -0.404. The first-order chi connectivity index (χ1) is 29.0. The molecule has 59 heavy (non-hydrogen) atoms. The van der Waals surface area contributed by atoms with E-state index in [1.54, 1.807) is 0 Å². The molecule has 0 bridgehead atoms. The van der Waals surface area contributed by atoms with E-state index in [0.29, 0.717) is 39.1 Å². The molecule has 0 aliphatic carbocycles. The molecule has 0 fully saturated rings. The summed E-state index contributed by atoms with van der Waals surface area (Å²) in [7, 11) is -4.59. The van der Waals surface area contributed by atoms with Crippen LogP contribution in [-0.4, -0.2) is 38.7 Å². The monoisotopic (exact) mass is 867 g/mol. The van der Waals surface area contributed by atoms with Crippen molar-refractivity contribution in [2.24, 2.45) is 0 Å². The van der Waals surface area contributed by atoms with Gasteiger partial charge in [-0.25, -0.2) is 4.57 Å². The third-order valence-electron chi connectivity index (χ3n) is 10.8. The van der Waals surface area contributed by atoms with Crippen LogP contribution in [0.3, 0.4) is 0 Å². The summed E-state index contributed by atoms with van der Waals surface area (Å²) in [4.78, 5) is 17.2. The maximum Gasteiger partial charge on any atom is 0.557 e. The van der Waals surface area contributed by atoms with E-state index < -0.39 is 26.7 Å². The van der Waals surface area contributed by atoms with Crippen molar-refractivity contribution in [3.05, 3.63) is 0 Å². The van der Waals surface area contributed by atoms with Crippen molar-refractivity contribution >= 4 is 7.82 Å². The molecule has 3 unspecified atom stereocenters. The molecule has 0 aliphatic heterocycles. The highest BCUT2D eigenvalue weighted by Gasteiger charge is 2.37. The third kappa shape index (κ3) is 41.6. The lowest BCUT2D eigenvalue weighted by atomic mass is 10.1. The predicted octanol–water partition coefficient (Wildman–Crippen LogP) is 17.1. The number of unbranched alkanes of at least 4 members (excludes halogenated alkanes) is 27. The molecule has 0 spiro atoms. The second-order valence-corrected chi connectivity index (χ2v) is 18.1. The standard InChI is InChI=1S/C48H99O10P/c1-7-13-19-22-25-28-31-34-37-40-46(50-43-16-10-4)53-56-59(49,57-54-47(51-44-17-11-5)41-38-35-32-29-26-23-20-14-8-2)58-55-48(52-45-18-12-6)42-39-36-33-30-27-24-21-15-9-3/h46-48H,7-45H2,1-6H3. The SMILES string of the molecule is CCCCCCCCCCCC(OCCCC)OOP(=O)(OOC(CCCCCCCCCCC)OCCCC)OOC(CCCCCCCCCCC)OCCCC. The highest BCUT2D eigenvalue weighted by Crippen LogP contribution is 2.51. The molecule has 0 saturated carbocycles. The van der Waals surface area contributed by atoms with Crippen LogP contribution >= 0.6 is 7.82 Å². The number of hydrogen-bond acceptors (Lipinski definition) is 10. The summed E-state index contributed by atoms with van der Waals surface area (Å²) in [6.45, 7) is 14.6. The van der Waals surface area contributed by atoms with Crippen molar-refractivity contribution in [1.82, 2.24) is 0 Å². The fourth-order valence-electron chi connectivity index (χ4n) is 6.76. The number of phosphoric acid groups is 1. The van der Waals surface area contributed by atoms with E-state index in [4.69, 9.17) is 42.9 Å². The molecule has 0 amide bonds. The van der Waals surface area contributed by atoms with Crippen LogP contribution in [0.2, 0.25) is 0 Å². The van der Waals surface area contributed by atoms with Crippen LogP contribution in [0.5, 0.6) is 0 Å². The van der Waals surface area contributed by atoms with Crippen molar-refractivity contribution in [1.29, 1.82) is 0 Å². The largest absolute Gasteiger partial charge is 0.557 e. The molecule has 0 radical (unpaired) electrons. The van der Waals surface area contributed by atoms with Gasteiger partial charge in [-0.1, -0.05) is 215 Å². The summed E-state index contributed by atoms with van der Waals surface area (Å²) in [6, 6.07) is 0. The molecule has 0 heterocycles. The van der Waals surface area contributed by atoms with Gasteiger partial charge >= 0.3 is 7.82 Å². The van der Waals surface area contributed by atoms with E-state index in [9.17, 15) is 4.57 Å². The van der Waals surface area contributed by atoms with Crippen LogP contribution in [0.15, 0.2) is 0 Å². The molecule has 0 aromatic heterocycles. The van der Waals surface area contributed by atoms with Gasteiger partial charge in [-0.05, 0) is 38.5 Å². The molecule has 0 rings (SSSR count). The van der Waals surface area contributed by atoms with E-state index in [2.05, 4.69) is 41.5 Å². The van der Waals surface area contributed by atoms with Crippen molar-refractivity contribution in [3.8, 4) is 0 Å². The molecule has 356 valence electrons. The zero-order valence-corrected chi connectivity index (χ0v) is 40.7. The minimum atomic E-state index is -4.59. The minimum absolute atomic E-state index is 0.499. The first-order valence-corrected chi connectivity index (χ1v) is 26.9. The Bertz CT molecular complexity index is 748. The summed E-state index contributed by atoms with van der Waals surface area (Å²) >= 11 is 0. The zero-order valence-electron chi connectivity index (χ0n) is 39.8. The van der Waals surface area contributed by atoms with Gasteiger partial charge in [0.25, 0.3) is 0 Å². The maximum atomic E-state index is 14.3. The lowest BCUT2D eigenvalue weighted by Gasteiger charge is -2.24. The predicted molar refractivity (Wildman–Crippen MR) is 244 cm³/mol. The second-order valence-electron chi connectivity index (χ2n) is 16.8. The van der Waals surface area contributed by atoms with Crippen molar-refractivity contribution < 1.29 is 47.5 Å². The van der Waals surface area contributed by atoms with E-state index in [-0.39, 0.29) is 0 Å². The molecule has 0 saturated heterocycles. The summed E-state index contributed by atoms with van der Waals surface area (Å²) in [6.07, 6.45) is 37.6. The Morgan fingerprint density at radius 1 is 0.288 bits per heavy atom. The van der Waals surface area contributed by atoms with Gasteiger partial charge < -0.3 is 14.2 Å². The zero-order chi connectivity index (χ0) is 43.2. The second kappa shape index (κ2) is 47.4. The third-order valence-corrected chi connectivity index (χ3v) is 11.6. The summed E-state index contributed by atoms with van der Waals surface area (Å²) < 4.78 is 49.0. The number of ether oxygens (including phenoxy) is 3. The average Bonchev–Trinajstić information content (AvgIpc) is 3.24. The fourth-order valence-corrected chi connectivity index (χ4v) is 7.44. The van der Waals surface area contributed by atoms with Crippen LogP contribution in [0.25, 0.3) is 0 Å². The lowest BCUT2D eigenvalue weighted by Crippen LogP contribution is -2.22. The molecule has 0 aromatic rings. The number of rotatable bonds is 51. The normalized spacial score (nSPS) is 14.5. The highest BCUT2D eigenvalue weighted by molar-refractivity contribution is 7.48. The van der Waals surface area contributed by atoms with Gasteiger partial charge in [0, 0.05) is 39.1 Å². The Morgan fingerprint density at radius 2 is 0.492 bits per heavy atom. The Morgan fingerprint density at radius 3 is 0.712 bits per heavy atom. The van der Waals surface area contributed by atoms with Crippen molar-refractivity contribution in [2.75, 3.05) is 19.8 Å². The van der Waals surface area contributed by atoms with Gasteiger partial charge in [0.05, 0.1) is 0 Å². The van der Waals surface area contributed by atoms with Crippen LogP contribution in [-0.2, 0) is 47.5 Å². The Kier molecular flexibility index (Phi) is 47.2. The van der Waals surface area contributed by atoms with Crippen LogP contribution in [0.1, 0.15) is 273 Å². The van der Waals surface area contributed by atoms with Crippen molar-refractivity contribution in [2.45, 2.75) is 292 Å². The summed E-state index contributed by atoms with van der Waals surface area (Å²) in [5.74, 6) is 0. The molecule has 0 aliphatic rings. The molecule has 0 aromatic carbocycles. The van der Waals surface area contributed by atoms with Gasteiger partial charge in [-0.3, -0.25) is 0 Å². The van der Waals surface area contributed by atoms with E-state index in [1.807, 2.05) is 0 Å². The van der Waals surface area contributed by atoms with Crippen LogP contribution in [0.4, 0.5) is 0 Å². The minimum Gasteiger partial charge on any atom is -0.350 e. The molecular weight excluding hydrogens is 767 g/mol. The van der Waals surface area contributed by atoms with E-state index in [1.165, 1.54) is 116 Å². The van der Waals surface area contributed by atoms with Gasteiger partial charge in [-0.2, -0.15) is 14.7 Å². The summed E-state index contributed by atoms with van der Waals surface area (Å²) in [5.41, 5.74) is 0. The number of hydrogen-bond donors (Lipinski definition) is 0. The summed E-state index contributed by atoms with van der Waals surface area (Å²) in [5, 5.41) is 0.